The number of hydrogen-bond donors (Lipinski definition) is 0. The quantitative estimate of drug-likeness (QED) is 0.580. The molecule has 64 valence electrons. The fraction of sp³-hybridized carbons (Fsp3) is 0.889. The van der Waals surface area contributed by atoms with Crippen LogP contribution in [0.2, 0.25) is 0 Å². The van der Waals surface area contributed by atoms with E-state index < -0.39 is 0 Å². The predicted octanol–water partition coefficient (Wildman–Crippen LogP) is 1.78. The van der Waals surface area contributed by atoms with E-state index in [1.807, 2.05) is 0 Å². The Labute approximate surface area is 67.9 Å². The summed E-state index contributed by atoms with van der Waals surface area (Å²) >= 11 is 0. The molecular formula is C9H16O2. The van der Waals surface area contributed by atoms with Crippen LogP contribution in [0, 0.1) is 5.41 Å². The van der Waals surface area contributed by atoms with E-state index in [1.54, 1.807) is 0 Å². The van der Waals surface area contributed by atoms with E-state index >= 15 is 0 Å². The molecule has 1 rings (SSSR count). The van der Waals surface area contributed by atoms with Crippen molar-refractivity contribution in [1.29, 1.82) is 0 Å². The average molecular weight is 156 g/mol. The molecule has 0 bridgehead atoms. The highest BCUT2D eigenvalue weighted by molar-refractivity contribution is 5.59. The van der Waals surface area contributed by atoms with Crippen LogP contribution in [0.25, 0.3) is 0 Å². The Hall–Kier alpha value is -0.370. The smallest absolute Gasteiger partial charge is 0.128 e. The third kappa shape index (κ3) is 2.03. The maximum absolute atomic E-state index is 10.8. The highest BCUT2D eigenvalue weighted by Gasteiger charge is 2.33. The lowest BCUT2D eigenvalue weighted by Crippen LogP contribution is -2.22. The molecular weight excluding hydrogens is 140 g/mol. The van der Waals surface area contributed by atoms with Gasteiger partial charge in [-0.15, -0.1) is 0 Å². The van der Waals surface area contributed by atoms with Crippen molar-refractivity contribution in [3.8, 4) is 0 Å². The van der Waals surface area contributed by atoms with Gasteiger partial charge in [0, 0.05) is 6.61 Å². The molecule has 11 heavy (non-hydrogen) atoms. The first-order chi connectivity index (χ1) is 5.33. The number of carbonyl (C=O) groups is 1. The van der Waals surface area contributed by atoms with E-state index in [2.05, 4.69) is 6.92 Å². The average Bonchev–Trinajstić information content (AvgIpc) is 2.50. The summed E-state index contributed by atoms with van der Waals surface area (Å²) in [6, 6.07) is 0. The molecule has 0 amide bonds. The molecule has 0 radical (unpaired) electrons. The SMILES string of the molecule is CCCCC1(C=O)CCOC1. The maximum Gasteiger partial charge on any atom is 0.128 e. The minimum absolute atomic E-state index is 0.115. The van der Waals surface area contributed by atoms with E-state index in [9.17, 15) is 4.79 Å². The van der Waals surface area contributed by atoms with Gasteiger partial charge in [-0.25, -0.2) is 0 Å². The molecule has 1 unspecified atom stereocenters. The number of rotatable bonds is 4. The summed E-state index contributed by atoms with van der Waals surface area (Å²) in [7, 11) is 0. The summed E-state index contributed by atoms with van der Waals surface area (Å²) in [4.78, 5) is 10.8. The van der Waals surface area contributed by atoms with Crippen molar-refractivity contribution in [2.75, 3.05) is 13.2 Å². The molecule has 0 saturated carbocycles. The van der Waals surface area contributed by atoms with Crippen molar-refractivity contribution < 1.29 is 9.53 Å². The molecule has 1 aliphatic rings. The molecule has 1 aliphatic heterocycles. The molecule has 1 heterocycles. The summed E-state index contributed by atoms with van der Waals surface area (Å²) in [6.07, 6.45) is 5.33. The molecule has 0 aromatic carbocycles. The lowest BCUT2D eigenvalue weighted by atomic mass is 9.84. The van der Waals surface area contributed by atoms with Crippen molar-refractivity contribution in [3.63, 3.8) is 0 Å². The zero-order valence-corrected chi connectivity index (χ0v) is 7.14. The summed E-state index contributed by atoms with van der Waals surface area (Å²) < 4.78 is 5.22. The first-order valence-electron chi connectivity index (χ1n) is 4.37. The van der Waals surface area contributed by atoms with Gasteiger partial charge in [-0.3, -0.25) is 0 Å². The van der Waals surface area contributed by atoms with Gasteiger partial charge in [0.2, 0.25) is 0 Å². The van der Waals surface area contributed by atoms with Crippen LogP contribution >= 0.6 is 0 Å². The number of aldehydes is 1. The molecule has 0 spiro atoms. The molecule has 1 atom stereocenters. The fourth-order valence-corrected chi connectivity index (χ4v) is 1.50. The second-order valence-corrected chi connectivity index (χ2v) is 3.39. The van der Waals surface area contributed by atoms with Crippen LogP contribution in [0.15, 0.2) is 0 Å². The number of ether oxygens (including phenoxy) is 1. The summed E-state index contributed by atoms with van der Waals surface area (Å²) in [5.41, 5.74) is -0.115. The number of carbonyl (C=O) groups excluding carboxylic acids is 1. The van der Waals surface area contributed by atoms with Gasteiger partial charge < -0.3 is 9.53 Å². The third-order valence-electron chi connectivity index (χ3n) is 2.41. The van der Waals surface area contributed by atoms with Crippen molar-refractivity contribution >= 4 is 6.29 Å². The highest BCUT2D eigenvalue weighted by atomic mass is 16.5. The van der Waals surface area contributed by atoms with Gasteiger partial charge in [0.25, 0.3) is 0 Å². The van der Waals surface area contributed by atoms with E-state index in [1.165, 1.54) is 0 Å². The maximum atomic E-state index is 10.8. The van der Waals surface area contributed by atoms with E-state index in [0.717, 1.165) is 38.6 Å². The molecule has 0 aromatic heterocycles. The first kappa shape index (κ1) is 8.72. The van der Waals surface area contributed by atoms with Crippen LogP contribution in [0.1, 0.15) is 32.6 Å². The van der Waals surface area contributed by atoms with Gasteiger partial charge in [0.1, 0.15) is 6.29 Å². The monoisotopic (exact) mass is 156 g/mol. The summed E-state index contributed by atoms with van der Waals surface area (Å²) in [5.74, 6) is 0. The van der Waals surface area contributed by atoms with E-state index in [0.29, 0.717) is 6.61 Å². The lowest BCUT2D eigenvalue weighted by Gasteiger charge is -2.18. The molecule has 1 saturated heterocycles. The van der Waals surface area contributed by atoms with Crippen molar-refractivity contribution in [2.45, 2.75) is 32.6 Å². The van der Waals surface area contributed by atoms with Gasteiger partial charge in [0.15, 0.2) is 0 Å². The van der Waals surface area contributed by atoms with Crippen LogP contribution in [-0.2, 0) is 9.53 Å². The second kappa shape index (κ2) is 3.86. The molecule has 1 fully saturated rings. The lowest BCUT2D eigenvalue weighted by molar-refractivity contribution is -0.116. The Morgan fingerprint density at radius 1 is 1.64 bits per heavy atom. The Kier molecular flexibility index (Phi) is 3.06. The van der Waals surface area contributed by atoms with Gasteiger partial charge in [-0.1, -0.05) is 19.8 Å². The number of unbranched alkanes of at least 4 members (excludes halogenated alkanes) is 1. The molecule has 0 aromatic rings. The largest absolute Gasteiger partial charge is 0.380 e. The second-order valence-electron chi connectivity index (χ2n) is 3.39. The van der Waals surface area contributed by atoms with E-state index in [4.69, 9.17) is 4.74 Å². The fourth-order valence-electron chi connectivity index (χ4n) is 1.50. The van der Waals surface area contributed by atoms with Gasteiger partial charge in [0.05, 0.1) is 12.0 Å². The van der Waals surface area contributed by atoms with Crippen LogP contribution in [0.5, 0.6) is 0 Å². The number of hydrogen-bond acceptors (Lipinski definition) is 2. The van der Waals surface area contributed by atoms with Gasteiger partial charge in [-0.2, -0.15) is 0 Å². The third-order valence-corrected chi connectivity index (χ3v) is 2.41. The van der Waals surface area contributed by atoms with Crippen molar-refractivity contribution in [3.05, 3.63) is 0 Å². The van der Waals surface area contributed by atoms with Crippen LogP contribution in [0.3, 0.4) is 0 Å². The summed E-state index contributed by atoms with van der Waals surface area (Å²) in [6.45, 7) is 3.56. The standard InChI is InChI=1S/C9H16O2/c1-2-3-4-9(7-10)5-6-11-8-9/h7H,2-6,8H2,1H3. The molecule has 0 aliphatic carbocycles. The zero-order chi connectivity index (χ0) is 8.16. The zero-order valence-electron chi connectivity index (χ0n) is 7.14. The Balaban J connectivity index is 2.39. The predicted molar refractivity (Wildman–Crippen MR) is 43.5 cm³/mol. The molecule has 2 heteroatoms. The Bertz CT molecular complexity index is 126. The summed E-state index contributed by atoms with van der Waals surface area (Å²) in [5, 5.41) is 0. The van der Waals surface area contributed by atoms with E-state index in [-0.39, 0.29) is 5.41 Å². The van der Waals surface area contributed by atoms with Crippen LogP contribution in [-0.4, -0.2) is 19.5 Å². The topological polar surface area (TPSA) is 26.3 Å². The Morgan fingerprint density at radius 3 is 2.91 bits per heavy atom. The Morgan fingerprint density at radius 2 is 2.45 bits per heavy atom. The van der Waals surface area contributed by atoms with Crippen LogP contribution < -0.4 is 0 Å². The highest BCUT2D eigenvalue weighted by Crippen LogP contribution is 2.31. The van der Waals surface area contributed by atoms with Gasteiger partial charge in [-0.05, 0) is 12.8 Å². The normalized spacial score (nSPS) is 30.6. The van der Waals surface area contributed by atoms with Gasteiger partial charge >= 0.3 is 0 Å². The van der Waals surface area contributed by atoms with Crippen LogP contribution in [0.4, 0.5) is 0 Å². The molecule has 2 nitrogen and oxygen atoms in total. The van der Waals surface area contributed by atoms with Crippen molar-refractivity contribution in [2.24, 2.45) is 5.41 Å². The first-order valence-corrected chi connectivity index (χ1v) is 4.37. The minimum Gasteiger partial charge on any atom is -0.380 e. The minimum atomic E-state index is -0.115. The van der Waals surface area contributed by atoms with Crippen molar-refractivity contribution in [1.82, 2.24) is 0 Å². The molecule has 0 N–H and O–H groups in total.